The van der Waals surface area contributed by atoms with E-state index < -0.39 is 0 Å². The number of aromatic nitrogens is 4. The van der Waals surface area contributed by atoms with Crippen molar-refractivity contribution in [3.05, 3.63) is 28.7 Å². The quantitative estimate of drug-likeness (QED) is 0.563. The summed E-state index contributed by atoms with van der Waals surface area (Å²) in [5.41, 5.74) is 0.522. The van der Waals surface area contributed by atoms with E-state index in [0.29, 0.717) is 10.2 Å². The van der Waals surface area contributed by atoms with E-state index in [1.165, 1.54) is 16.0 Å². The fraction of sp³-hybridized carbons (Fsp3) is 0.111. The number of thiophene rings is 1. The molecule has 0 bridgehead atoms. The molecule has 3 aromatic rings. The van der Waals surface area contributed by atoms with Gasteiger partial charge in [0.1, 0.15) is 15.0 Å². The summed E-state index contributed by atoms with van der Waals surface area (Å²) in [6.07, 6.45) is 1.70. The van der Waals surface area contributed by atoms with Crippen LogP contribution in [0.4, 0.5) is 0 Å². The van der Waals surface area contributed by atoms with Crippen molar-refractivity contribution in [1.29, 1.82) is 0 Å². The highest BCUT2D eigenvalue weighted by Crippen LogP contribution is 2.27. The van der Waals surface area contributed by atoms with Crippen molar-refractivity contribution in [3.63, 3.8) is 0 Å². The summed E-state index contributed by atoms with van der Waals surface area (Å²) >= 11 is 1.36. The van der Waals surface area contributed by atoms with E-state index in [0.717, 1.165) is 10.2 Å². The first-order valence-corrected chi connectivity index (χ1v) is 5.16. The zero-order valence-electron chi connectivity index (χ0n) is 7.84. The van der Waals surface area contributed by atoms with Crippen LogP contribution in [0.2, 0.25) is 0 Å². The summed E-state index contributed by atoms with van der Waals surface area (Å²) in [5.74, 6) is 0. The summed E-state index contributed by atoms with van der Waals surface area (Å²) in [6.45, 7) is 0. The van der Waals surface area contributed by atoms with Gasteiger partial charge in [0.2, 0.25) is 0 Å². The van der Waals surface area contributed by atoms with Crippen LogP contribution < -0.4 is 5.56 Å². The molecular weight excluding hydrogens is 212 g/mol. The monoisotopic (exact) mass is 218 g/mol. The highest BCUT2D eigenvalue weighted by molar-refractivity contribution is 7.25. The maximum absolute atomic E-state index is 11.7. The lowest BCUT2D eigenvalue weighted by Gasteiger charge is -1.92. The van der Waals surface area contributed by atoms with Crippen molar-refractivity contribution >= 4 is 31.8 Å². The van der Waals surface area contributed by atoms with Crippen LogP contribution in [0.5, 0.6) is 0 Å². The van der Waals surface area contributed by atoms with E-state index in [4.69, 9.17) is 0 Å². The average molecular weight is 218 g/mol. The minimum Gasteiger partial charge on any atom is -0.266 e. The first kappa shape index (κ1) is 8.49. The number of hydrogen-bond acceptors (Lipinski definition) is 5. The van der Waals surface area contributed by atoms with E-state index in [1.807, 2.05) is 12.1 Å². The third-order valence-corrected chi connectivity index (χ3v) is 3.30. The van der Waals surface area contributed by atoms with E-state index in [2.05, 4.69) is 15.3 Å². The average Bonchev–Trinajstić information content (AvgIpc) is 2.63. The molecule has 0 unspecified atom stereocenters. The Bertz CT molecular complexity index is 715. The third-order valence-electron chi connectivity index (χ3n) is 2.21. The van der Waals surface area contributed by atoms with Gasteiger partial charge in [-0.1, -0.05) is 5.21 Å². The molecule has 0 spiro atoms. The molecule has 74 valence electrons. The summed E-state index contributed by atoms with van der Waals surface area (Å²) in [4.78, 5) is 16.8. The number of aryl methyl sites for hydroxylation is 1. The third kappa shape index (κ3) is 1.08. The second kappa shape index (κ2) is 2.83. The van der Waals surface area contributed by atoms with Gasteiger partial charge in [0, 0.05) is 18.6 Å². The molecule has 0 saturated heterocycles. The number of fused-ring (bicyclic) bond motifs is 3. The summed E-state index contributed by atoms with van der Waals surface area (Å²) in [6, 6.07) is 3.73. The lowest BCUT2D eigenvalue weighted by Crippen LogP contribution is -2.19. The second-order valence-electron chi connectivity index (χ2n) is 3.15. The molecule has 5 nitrogen and oxygen atoms in total. The first-order chi connectivity index (χ1) is 7.27. The second-order valence-corrected chi connectivity index (χ2v) is 4.15. The Balaban J connectivity index is 2.66. The standard InChI is InChI=1S/C9H6N4OS/c1-13-9(14)7-6(11-12-13)5-3-2-4-10-8(5)15-7/h2-4H,1H3. The fourth-order valence-electron chi connectivity index (χ4n) is 1.46. The topological polar surface area (TPSA) is 60.7 Å². The molecule has 6 heteroatoms. The van der Waals surface area contributed by atoms with Crippen LogP contribution >= 0.6 is 11.3 Å². The molecule has 3 heterocycles. The Labute approximate surface area is 88.0 Å². The largest absolute Gasteiger partial charge is 0.287 e. The lowest BCUT2D eigenvalue weighted by atomic mass is 10.3. The summed E-state index contributed by atoms with van der Waals surface area (Å²) < 4.78 is 1.85. The molecule has 0 aliphatic heterocycles. The van der Waals surface area contributed by atoms with Gasteiger partial charge in [0.25, 0.3) is 5.56 Å². The van der Waals surface area contributed by atoms with Gasteiger partial charge in [-0.25, -0.2) is 9.67 Å². The molecule has 0 N–H and O–H groups in total. The van der Waals surface area contributed by atoms with E-state index >= 15 is 0 Å². The van der Waals surface area contributed by atoms with Crippen molar-refractivity contribution < 1.29 is 0 Å². The zero-order chi connectivity index (χ0) is 10.4. The molecule has 0 fully saturated rings. The highest BCUT2D eigenvalue weighted by Gasteiger charge is 2.11. The molecule has 3 aromatic heterocycles. The predicted molar refractivity (Wildman–Crippen MR) is 58.0 cm³/mol. The molecular formula is C9H6N4OS. The lowest BCUT2D eigenvalue weighted by molar-refractivity contribution is 0.658. The fourth-order valence-corrected chi connectivity index (χ4v) is 2.51. The van der Waals surface area contributed by atoms with Crippen molar-refractivity contribution in [2.75, 3.05) is 0 Å². The van der Waals surface area contributed by atoms with Crippen molar-refractivity contribution in [3.8, 4) is 0 Å². The Hall–Kier alpha value is -1.82. The number of hydrogen-bond donors (Lipinski definition) is 0. The Kier molecular flexibility index (Phi) is 1.60. The molecule has 0 aliphatic carbocycles. The molecule has 0 atom stereocenters. The Morgan fingerprint density at radius 3 is 3.20 bits per heavy atom. The van der Waals surface area contributed by atoms with Crippen molar-refractivity contribution in [1.82, 2.24) is 20.0 Å². The minimum absolute atomic E-state index is 0.122. The first-order valence-electron chi connectivity index (χ1n) is 4.34. The Morgan fingerprint density at radius 1 is 1.47 bits per heavy atom. The number of nitrogens with zero attached hydrogens (tertiary/aromatic N) is 4. The molecule has 0 saturated carbocycles. The van der Waals surface area contributed by atoms with Crippen LogP contribution in [-0.4, -0.2) is 20.0 Å². The summed E-state index contributed by atoms with van der Waals surface area (Å²) in [7, 11) is 1.59. The number of rotatable bonds is 0. The molecule has 0 aliphatic rings. The molecule has 0 aromatic carbocycles. The van der Waals surface area contributed by atoms with Crippen molar-refractivity contribution in [2.24, 2.45) is 7.05 Å². The van der Waals surface area contributed by atoms with Crippen LogP contribution in [0, 0.1) is 0 Å². The van der Waals surface area contributed by atoms with Gasteiger partial charge in [-0.05, 0) is 12.1 Å². The summed E-state index contributed by atoms with van der Waals surface area (Å²) in [5, 5.41) is 8.67. The number of pyridine rings is 1. The van der Waals surface area contributed by atoms with Gasteiger partial charge in [0.15, 0.2) is 0 Å². The van der Waals surface area contributed by atoms with Crippen LogP contribution in [0.25, 0.3) is 20.4 Å². The maximum atomic E-state index is 11.7. The molecule has 15 heavy (non-hydrogen) atoms. The van der Waals surface area contributed by atoms with Crippen molar-refractivity contribution in [2.45, 2.75) is 0 Å². The van der Waals surface area contributed by atoms with Gasteiger partial charge in [-0.15, -0.1) is 16.4 Å². The van der Waals surface area contributed by atoms with Gasteiger partial charge < -0.3 is 0 Å². The SMILES string of the molecule is Cn1nnc2c(sc3ncccc32)c1=O. The van der Waals surface area contributed by atoms with Crippen LogP contribution in [-0.2, 0) is 7.05 Å². The molecule has 3 rings (SSSR count). The predicted octanol–water partition coefficient (Wildman–Crippen LogP) is 0.938. The van der Waals surface area contributed by atoms with Gasteiger partial charge in [-0.3, -0.25) is 4.79 Å². The van der Waals surface area contributed by atoms with Crippen LogP contribution in [0.1, 0.15) is 0 Å². The smallest absolute Gasteiger partial charge is 0.266 e. The maximum Gasteiger partial charge on any atom is 0.287 e. The van der Waals surface area contributed by atoms with E-state index in [1.54, 1.807) is 13.2 Å². The van der Waals surface area contributed by atoms with Gasteiger partial charge in [-0.2, -0.15) is 0 Å². The molecule has 0 radical (unpaired) electrons. The van der Waals surface area contributed by atoms with Crippen LogP contribution in [0.15, 0.2) is 23.1 Å². The normalized spacial score (nSPS) is 11.3. The van der Waals surface area contributed by atoms with Gasteiger partial charge in [0.05, 0.1) is 0 Å². The Morgan fingerprint density at radius 2 is 2.33 bits per heavy atom. The zero-order valence-corrected chi connectivity index (χ0v) is 8.65. The van der Waals surface area contributed by atoms with E-state index in [9.17, 15) is 4.79 Å². The minimum atomic E-state index is -0.122. The van der Waals surface area contributed by atoms with Crippen LogP contribution in [0.3, 0.4) is 0 Å². The van der Waals surface area contributed by atoms with E-state index in [-0.39, 0.29) is 5.56 Å². The highest BCUT2D eigenvalue weighted by atomic mass is 32.1. The molecule has 0 amide bonds. The van der Waals surface area contributed by atoms with Gasteiger partial charge >= 0.3 is 0 Å².